The fourth-order valence-electron chi connectivity index (χ4n) is 1.68. The van der Waals surface area contributed by atoms with E-state index >= 15 is 0 Å². The van der Waals surface area contributed by atoms with Gasteiger partial charge >= 0.3 is 0 Å². The number of nitrogens with zero attached hydrogens (tertiary/aromatic N) is 3. The first-order valence-corrected chi connectivity index (χ1v) is 6.13. The fourth-order valence-corrected chi connectivity index (χ4v) is 1.68. The molecule has 5 nitrogen and oxygen atoms in total. The van der Waals surface area contributed by atoms with Crippen molar-refractivity contribution >= 4 is 12.0 Å². The van der Waals surface area contributed by atoms with Crippen molar-refractivity contribution in [2.45, 2.75) is 0 Å². The summed E-state index contributed by atoms with van der Waals surface area (Å²) in [6.45, 7) is 0. The molecule has 2 heterocycles. The van der Waals surface area contributed by atoms with Crippen LogP contribution in [0.4, 0.5) is 5.82 Å². The molecule has 98 valence electrons. The molecule has 0 aliphatic heterocycles. The fraction of sp³-hybridized carbons (Fsp3) is 0. The Balaban J connectivity index is 1.67. The first-order chi connectivity index (χ1) is 9.92. The Morgan fingerprint density at radius 1 is 0.950 bits per heavy atom. The van der Waals surface area contributed by atoms with E-state index in [0.717, 1.165) is 11.3 Å². The molecule has 0 aliphatic rings. The van der Waals surface area contributed by atoms with Gasteiger partial charge in [-0.25, -0.2) is 0 Å². The molecule has 3 aromatic rings. The predicted octanol–water partition coefficient (Wildman–Crippen LogP) is 3.18. The first kappa shape index (κ1) is 12.1. The summed E-state index contributed by atoms with van der Waals surface area (Å²) < 4.78 is 5.12. The maximum atomic E-state index is 5.12. The molecule has 0 aliphatic carbocycles. The van der Waals surface area contributed by atoms with Crippen LogP contribution in [0.2, 0.25) is 0 Å². The highest BCUT2D eigenvalue weighted by Crippen LogP contribution is 2.16. The van der Waals surface area contributed by atoms with Gasteiger partial charge in [-0.1, -0.05) is 30.3 Å². The number of hydrazone groups is 1. The van der Waals surface area contributed by atoms with Gasteiger partial charge in [0.1, 0.15) is 5.76 Å². The Labute approximate surface area is 116 Å². The molecule has 0 spiro atoms. The van der Waals surface area contributed by atoms with Crippen LogP contribution in [-0.2, 0) is 0 Å². The Morgan fingerprint density at radius 3 is 2.55 bits per heavy atom. The van der Waals surface area contributed by atoms with Crippen LogP contribution in [0.5, 0.6) is 0 Å². The zero-order chi connectivity index (χ0) is 13.6. The number of hydrogen-bond donors (Lipinski definition) is 1. The summed E-state index contributed by atoms with van der Waals surface area (Å²) in [6, 6.07) is 17.2. The number of nitrogens with one attached hydrogen (secondary N) is 1. The molecule has 0 saturated heterocycles. The van der Waals surface area contributed by atoms with E-state index < -0.39 is 0 Å². The molecule has 0 atom stereocenters. The second kappa shape index (κ2) is 5.79. The highest BCUT2D eigenvalue weighted by Gasteiger charge is 1.99. The topological polar surface area (TPSA) is 63.3 Å². The van der Waals surface area contributed by atoms with Crippen LogP contribution < -0.4 is 5.43 Å². The maximum Gasteiger partial charge on any atom is 0.168 e. The van der Waals surface area contributed by atoms with E-state index in [1.807, 2.05) is 48.5 Å². The summed E-state index contributed by atoms with van der Waals surface area (Å²) in [5.74, 6) is 1.25. The van der Waals surface area contributed by atoms with E-state index in [4.69, 9.17) is 4.42 Å². The third-order valence-corrected chi connectivity index (χ3v) is 2.65. The molecule has 0 amide bonds. The number of aromatic nitrogens is 2. The van der Waals surface area contributed by atoms with Crippen molar-refractivity contribution in [2.75, 3.05) is 5.43 Å². The average molecular weight is 264 g/mol. The van der Waals surface area contributed by atoms with E-state index in [-0.39, 0.29) is 0 Å². The molecule has 3 rings (SSSR count). The normalized spacial score (nSPS) is 10.8. The van der Waals surface area contributed by atoms with Gasteiger partial charge in [-0.2, -0.15) is 5.10 Å². The molecule has 2 aromatic heterocycles. The number of rotatable bonds is 4. The molecule has 20 heavy (non-hydrogen) atoms. The van der Waals surface area contributed by atoms with Crippen molar-refractivity contribution in [1.29, 1.82) is 0 Å². The lowest BCUT2D eigenvalue weighted by Crippen LogP contribution is -1.96. The molecule has 5 heteroatoms. The van der Waals surface area contributed by atoms with Crippen LogP contribution >= 0.6 is 0 Å². The maximum absolute atomic E-state index is 5.12. The SMILES string of the molecule is C(=NNc1ccc(-c2ccccc2)nn1)c1ccco1. The Kier molecular flexibility index (Phi) is 3.51. The van der Waals surface area contributed by atoms with Crippen molar-refractivity contribution in [3.8, 4) is 11.3 Å². The van der Waals surface area contributed by atoms with Crippen LogP contribution in [0.1, 0.15) is 5.76 Å². The van der Waals surface area contributed by atoms with Crippen LogP contribution in [0.25, 0.3) is 11.3 Å². The minimum atomic E-state index is 0.576. The minimum absolute atomic E-state index is 0.576. The summed E-state index contributed by atoms with van der Waals surface area (Å²) in [7, 11) is 0. The van der Waals surface area contributed by atoms with E-state index in [1.54, 1.807) is 18.5 Å². The number of hydrogen-bond acceptors (Lipinski definition) is 5. The third-order valence-electron chi connectivity index (χ3n) is 2.65. The lowest BCUT2D eigenvalue weighted by atomic mass is 10.1. The summed E-state index contributed by atoms with van der Waals surface area (Å²) >= 11 is 0. The van der Waals surface area contributed by atoms with Crippen molar-refractivity contribution < 1.29 is 4.42 Å². The monoisotopic (exact) mass is 264 g/mol. The molecular weight excluding hydrogens is 252 g/mol. The molecule has 0 fully saturated rings. The summed E-state index contributed by atoms with van der Waals surface area (Å²) in [5.41, 5.74) is 4.66. The largest absolute Gasteiger partial charge is 0.463 e. The van der Waals surface area contributed by atoms with Gasteiger partial charge in [0.15, 0.2) is 5.82 Å². The van der Waals surface area contributed by atoms with Gasteiger partial charge < -0.3 is 4.42 Å². The summed E-state index contributed by atoms with van der Waals surface area (Å²) in [6.07, 6.45) is 3.17. The van der Waals surface area contributed by atoms with E-state index in [0.29, 0.717) is 11.6 Å². The summed E-state index contributed by atoms with van der Waals surface area (Å²) in [4.78, 5) is 0. The smallest absolute Gasteiger partial charge is 0.168 e. The molecule has 1 aromatic carbocycles. The van der Waals surface area contributed by atoms with Crippen LogP contribution in [0.15, 0.2) is 70.4 Å². The van der Waals surface area contributed by atoms with Gasteiger partial charge in [-0.3, -0.25) is 5.43 Å². The van der Waals surface area contributed by atoms with Crippen LogP contribution in [-0.4, -0.2) is 16.4 Å². The molecule has 0 saturated carbocycles. The average Bonchev–Trinajstić information content (AvgIpc) is 3.02. The number of anilines is 1. The Hall–Kier alpha value is -2.95. The van der Waals surface area contributed by atoms with E-state index in [2.05, 4.69) is 20.7 Å². The summed E-state index contributed by atoms with van der Waals surface area (Å²) in [5, 5.41) is 12.2. The highest BCUT2D eigenvalue weighted by molar-refractivity contribution is 5.76. The van der Waals surface area contributed by atoms with Gasteiger partial charge in [-0.15, -0.1) is 10.2 Å². The molecule has 1 N–H and O–H groups in total. The third kappa shape index (κ3) is 2.89. The van der Waals surface area contributed by atoms with Gasteiger partial charge in [0.2, 0.25) is 0 Å². The molecule has 0 unspecified atom stereocenters. The molecule has 0 radical (unpaired) electrons. The van der Waals surface area contributed by atoms with Crippen molar-refractivity contribution in [1.82, 2.24) is 10.2 Å². The van der Waals surface area contributed by atoms with Crippen molar-refractivity contribution in [3.05, 3.63) is 66.6 Å². The van der Waals surface area contributed by atoms with Crippen molar-refractivity contribution in [3.63, 3.8) is 0 Å². The number of furan rings is 1. The minimum Gasteiger partial charge on any atom is -0.463 e. The molecular formula is C15H12N4O. The van der Waals surface area contributed by atoms with Gasteiger partial charge in [-0.05, 0) is 24.3 Å². The van der Waals surface area contributed by atoms with E-state index in [9.17, 15) is 0 Å². The lowest BCUT2D eigenvalue weighted by molar-refractivity contribution is 0.560. The zero-order valence-corrected chi connectivity index (χ0v) is 10.6. The first-order valence-electron chi connectivity index (χ1n) is 6.13. The van der Waals surface area contributed by atoms with Gasteiger partial charge in [0.05, 0.1) is 18.2 Å². The highest BCUT2D eigenvalue weighted by atomic mass is 16.3. The standard InChI is InChI=1S/C15H12N4O/c1-2-5-12(6-3-1)14-8-9-15(19-17-14)18-16-11-13-7-4-10-20-13/h1-11H,(H,18,19). The zero-order valence-electron chi connectivity index (χ0n) is 10.6. The predicted molar refractivity (Wildman–Crippen MR) is 77.4 cm³/mol. The van der Waals surface area contributed by atoms with Gasteiger partial charge in [0, 0.05) is 5.56 Å². The Bertz CT molecular complexity index is 676. The quantitative estimate of drug-likeness (QED) is 0.580. The van der Waals surface area contributed by atoms with Crippen LogP contribution in [0.3, 0.4) is 0 Å². The van der Waals surface area contributed by atoms with Gasteiger partial charge in [0.25, 0.3) is 0 Å². The van der Waals surface area contributed by atoms with E-state index in [1.165, 1.54) is 0 Å². The lowest BCUT2D eigenvalue weighted by Gasteiger charge is -2.01. The second-order valence-electron chi connectivity index (χ2n) is 4.06. The number of benzene rings is 1. The van der Waals surface area contributed by atoms with Crippen LogP contribution in [0, 0.1) is 0 Å². The Morgan fingerprint density at radius 2 is 1.85 bits per heavy atom. The molecule has 0 bridgehead atoms. The second-order valence-corrected chi connectivity index (χ2v) is 4.06. The van der Waals surface area contributed by atoms with Crippen molar-refractivity contribution in [2.24, 2.45) is 5.10 Å².